The number of halogens is 1. The van der Waals surface area contributed by atoms with Gasteiger partial charge in [-0.15, -0.1) is 11.3 Å². The Kier molecular flexibility index (Phi) is 3.84. The summed E-state index contributed by atoms with van der Waals surface area (Å²) < 4.78 is 0.613. The number of benzene rings is 1. The van der Waals surface area contributed by atoms with Crippen LogP contribution in [0.3, 0.4) is 0 Å². The Morgan fingerprint density at radius 3 is 2.52 bits per heavy atom. The number of thiophene rings is 1. The third-order valence-corrected chi connectivity index (χ3v) is 5.03. The Bertz CT molecular complexity index is 825. The molecule has 3 rings (SSSR count). The maximum absolute atomic E-state index is 12.8. The molecule has 5 nitrogen and oxygen atoms in total. The van der Waals surface area contributed by atoms with E-state index in [1.807, 2.05) is 6.07 Å². The van der Waals surface area contributed by atoms with Crippen LogP contribution in [0.2, 0.25) is 4.34 Å². The summed E-state index contributed by atoms with van der Waals surface area (Å²) in [4.78, 5) is 27.0. The van der Waals surface area contributed by atoms with Crippen molar-refractivity contribution in [2.45, 2.75) is 19.0 Å². The first-order chi connectivity index (χ1) is 10.9. The lowest BCUT2D eigenvalue weighted by atomic mass is 9.91. The summed E-state index contributed by atoms with van der Waals surface area (Å²) in [5.74, 6) is -0.322. The van der Waals surface area contributed by atoms with Gasteiger partial charge in [0.15, 0.2) is 0 Å². The van der Waals surface area contributed by atoms with Gasteiger partial charge in [-0.25, -0.2) is 4.79 Å². The normalized spacial score (nSPS) is 20.5. The van der Waals surface area contributed by atoms with Crippen molar-refractivity contribution in [2.24, 2.45) is 0 Å². The number of imide groups is 1. The fourth-order valence-electron chi connectivity index (χ4n) is 2.51. The van der Waals surface area contributed by atoms with E-state index in [9.17, 15) is 9.59 Å². The summed E-state index contributed by atoms with van der Waals surface area (Å²) in [7, 11) is 0. The summed E-state index contributed by atoms with van der Waals surface area (Å²) in [6, 6.07) is 11.7. The van der Waals surface area contributed by atoms with Gasteiger partial charge in [-0.05, 0) is 36.8 Å². The van der Waals surface area contributed by atoms with Crippen molar-refractivity contribution in [1.82, 2.24) is 10.2 Å². The molecule has 0 radical (unpaired) electrons. The summed E-state index contributed by atoms with van der Waals surface area (Å²) in [5, 5.41) is 11.6. The van der Waals surface area contributed by atoms with Gasteiger partial charge in [0.25, 0.3) is 5.91 Å². The van der Waals surface area contributed by atoms with E-state index >= 15 is 0 Å². The van der Waals surface area contributed by atoms with E-state index in [2.05, 4.69) is 5.32 Å². The second-order valence-corrected chi connectivity index (χ2v) is 7.14. The minimum absolute atomic E-state index is 0.188. The highest BCUT2D eigenvalue weighted by molar-refractivity contribution is 7.16. The predicted molar refractivity (Wildman–Crippen MR) is 86.9 cm³/mol. The molecule has 0 bridgehead atoms. The van der Waals surface area contributed by atoms with Gasteiger partial charge in [0.1, 0.15) is 5.54 Å². The monoisotopic (exact) mass is 345 g/mol. The number of carbonyl (C=O) groups excluding carboxylic acids is 2. The molecule has 1 aromatic heterocycles. The summed E-state index contributed by atoms with van der Waals surface area (Å²) >= 11 is 7.22. The number of nitriles is 1. The largest absolute Gasteiger partial charge is 0.325 e. The Balaban J connectivity index is 1.88. The molecule has 0 aliphatic carbocycles. The summed E-state index contributed by atoms with van der Waals surface area (Å²) in [6.07, 6.45) is 0. The lowest BCUT2D eigenvalue weighted by Crippen LogP contribution is -2.40. The second-order valence-electron chi connectivity index (χ2n) is 5.34. The van der Waals surface area contributed by atoms with Crippen LogP contribution in [0.15, 0.2) is 36.4 Å². The number of amides is 3. The van der Waals surface area contributed by atoms with Crippen molar-refractivity contribution < 1.29 is 9.59 Å². The van der Waals surface area contributed by atoms with Gasteiger partial charge in [-0.1, -0.05) is 23.7 Å². The molecule has 1 aliphatic rings. The molecule has 116 valence electrons. The number of nitrogens with one attached hydrogen (secondary N) is 1. The third-order valence-electron chi connectivity index (χ3n) is 3.81. The molecule has 1 saturated heterocycles. The topological polar surface area (TPSA) is 73.2 Å². The summed E-state index contributed by atoms with van der Waals surface area (Å²) in [6.45, 7) is 1.85. The lowest BCUT2D eigenvalue weighted by Gasteiger charge is -2.22. The predicted octanol–water partition coefficient (Wildman–Crippen LogP) is 3.24. The van der Waals surface area contributed by atoms with Crippen LogP contribution in [-0.2, 0) is 16.9 Å². The summed E-state index contributed by atoms with van der Waals surface area (Å²) in [5.41, 5.74) is 0.00679. The zero-order valence-electron chi connectivity index (χ0n) is 12.2. The van der Waals surface area contributed by atoms with E-state index in [1.54, 1.807) is 43.3 Å². The van der Waals surface area contributed by atoms with Crippen molar-refractivity contribution in [2.75, 3.05) is 0 Å². The van der Waals surface area contributed by atoms with Crippen LogP contribution in [0, 0.1) is 11.3 Å². The Hall–Kier alpha value is -2.36. The maximum atomic E-state index is 12.8. The zero-order valence-corrected chi connectivity index (χ0v) is 13.7. The molecule has 2 heterocycles. The average Bonchev–Trinajstić information content (AvgIpc) is 3.05. The average molecular weight is 346 g/mol. The molecule has 1 aliphatic heterocycles. The number of hydrogen-bond acceptors (Lipinski definition) is 4. The van der Waals surface area contributed by atoms with Crippen LogP contribution < -0.4 is 5.32 Å². The van der Waals surface area contributed by atoms with E-state index in [1.165, 1.54) is 16.2 Å². The molecular weight excluding hydrogens is 334 g/mol. The van der Waals surface area contributed by atoms with Crippen molar-refractivity contribution in [1.29, 1.82) is 5.26 Å². The highest BCUT2D eigenvalue weighted by Crippen LogP contribution is 2.31. The van der Waals surface area contributed by atoms with Gasteiger partial charge in [0, 0.05) is 4.88 Å². The first-order valence-electron chi connectivity index (χ1n) is 6.83. The number of hydrogen-bond donors (Lipinski definition) is 1. The highest BCUT2D eigenvalue weighted by atomic mass is 35.5. The fraction of sp³-hybridized carbons (Fsp3) is 0.188. The number of carbonyl (C=O) groups is 2. The molecule has 23 heavy (non-hydrogen) atoms. The van der Waals surface area contributed by atoms with Gasteiger partial charge in [-0.3, -0.25) is 9.69 Å². The van der Waals surface area contributed by atoms with Gasteiger partial charge >= 0.3 is 6.03 Å². The number of urea groups is 1. The van der Waals surface area contributed by atoms with Crippen LogP contribution in [-0.4, -0.2) is 16.8 Å². The molecule has 1 atom stereocenters. The van der Waals surface area contributed by atoms with Crippen LogP contribution in [0.1, 0.15) is 22.9 Å². The van der Waals surface area contributed by atoms with E-state index in [-0.39, 0.29) is 12.5 Å². The smallest absolute Gasteiger partial charge is 0.319 e. The molecule has 0 unspecified atom stereocenters. The van der Waals surface area contributed by atoms with Crippen molar-refractivity contribution in [3.63, 3.8) is 0 Å². The molecule has 3 amide bonds. The molecule has 7 heteroatoms. The van der Waals surface area contributed by atoms with Gasteiger partial charge < -0.3 is 5.32 Å². The molecule has 1 N–H and O–H groups in total. The van der Waals surface area contributed by atoms with Crippen LogP contribution in [0.5, 0.6) is 0 Å². The lowest BCUT2D eigenvalue weighted by molar-refractivity contribution is -0.131. The standard InChI is InChI=1S/C16H12ClN3O2S/c1-16(11-4-2-10(8-18)3-5-11)14(21)20(15(22)19-16)9-12-6-7-13(17)23-12/h2-7H,9H2,1H3,(H,19,22)/t16-/m0/s1. The molecule has 1 aromatic carbocycles. The van der Waals surface area contributed by atoms with Crippen molar-refractivity contribution in [3.05, 3.63) is 56.7 Å². The number of rotatable bonds is 3. The molecule has 0 spiro atoms. The minimum atomic E-state index is -1.13. The fourth-order valence-corrected chi connectivity index (χ4v) is 3.58. The van der Waals surface area contributed by atoms with Crippen LogP contribution >= 0.6 is 22.9 Å². The SMILES string of the molecule is C[C@@]1(c2ccc(C#N)cc2)NC(=O)N(Cc2ccc(Cl)s2)C1=O. The second kappa shape index (κ2) is 5.69. The van der Waals surface area contributed by atoms with E-state index in [0.29, 0.717) is 15.5 Å². The van der Waals surface area contributed by atoms with Crippen molar-refractivity contribution >= 4 is 34.9 Å². The number of nitrogens with zero attached hydrogens (tertiary/aromatic N) is 2. The van der Waals surface area contributed by atoms with Gasteiger partial charge in [0.2, 0.25) is 0 Å². The molecule has 2 aromatic rings. The first-order valence-corrected chi connectivity index (χ1v) is 8.02. The van der Waals surface area contributed by atoms with E-state index in [4.69, 9.17) is 16.9 Å². The highest BCUT2D eigenvalue weighted by Gasteiger charge is 2.48. The Morgan fingerprint density at radius 1 is 1.26 bits per heavy atom. The molecule has 1 fully saturated rings. The quantitative estimate of drug-likeness (QED) is 0.868. The molecular formula is C16H12ClN3O2S. The Morgan fingerprint density at radius 2 is 1.96 bits per heavy atom. The third kappa shape index (κ3) is 2.69. The van der Waals surface area contributed by atoms with Crippen LogP contribution in [0.4, 0.5) is 4.79 Å². The van der Waals surface area contributed by atoms with E-state index in [0.717, 1.165) is 4.88 Å². The Labute approximate surface area is 142 Å². The molecule has 0 saturated carbocycles. The first kappa shape index (κ1) is 15.5. The maximum Gasteiger partial charge on any atom is 0.325 e. The van der Waals surface area contributed by atoms with Crippen LogP contribution in [0.25, 0.3) is 0 Å². The minimum Gasteiger partial charge on any atom is -0.319 e. The van der Waals surface area contributed by atoms with Gasteiger partial charge in [-0.2, -0.15) is 5.26 Å². The van der Waals surface area contributed by atoms with Crippen molar-refractivity contribution in [3.8, 4) is 6.07 Å². The van der Waals surface area contributed by atoms with E-state index < -0.39 is 11.6 Å². The zero-order chi connectivity index (χ0) is 16.6. The van der Waals surface area contributed by atoms with Gasteiger partial charge in [0.05, 0.1) is 22.5 Å².